The topological polar surface area (TPSA) is 54.0 Å². The zero-order chi connectivity index (χ0) is 16.0. The highest BCUT2D eigenvalue weighted by Crippen LogP contribution is 2.14. The standard InChI is InChI=1S/C7H12O2.C6H16O3SSi/c1-4-5-9-7(8)6(2)3;1-7-11(8-2,9-3)6-4-5-10/h2,4-5H2,1,3H3;10H,4-6H2,1-3H3. The van der Waals surface area contributed by atoms with Crippen molar-refractivity contribution in [1.29, 1.82) is 0 Å². The van der Waals surface area contributed by atoms with Crippen molar-refractivity contribution in [3.8, 4) is 0 Å². The lowest BCUT2D eigenvalue weighted by atomic mass is 10.4. The van der Waals surface area contributed by atoms with Crippen LogP contribution in [0.25, 0.3) is 0 Å². The Bertz CT molecular complexity index is 261. The van der Waals surface area contributed by atoms with Crippen molar-refractivity contribution in [2.45, 2.75) is 32.7 Å². The minimum Gasteiger partial charge on any atom is -0.462 e. The molecule has 0 spiro atoms. The molecular formula is C13H28O5SSi. The third kappa shape index (κ3) is 10.4. The van der Waals surface area contributed by atoms with Gasteiger partial charge < -0.3 is 18.0 Å². The fourth-order valence-corrected chi connectivity index (χ4v) is 3.35. The molecule has 0 unspecified atom stereocenters. The van der Waals surface area contributed by atoms with Crippen molar-refractivity contribution in [3.05, 3.63) is 12.2 Å². The van der Waals surface area contributed by atoms with E-state index >= 15 is 0 Å². The number of thiol groups is 1. The van der Waals surface area contributed by atoms with E-state index in [0.29, 0.717) is 12.2 Å². The van der Waals surface area contributed by atoms with Crippen LogP contribution in [0.5, 0.6) is 0 Å². The van der Waals surface area contributed by atoms with Crippen LogP contribution in [0, 0.1) is 0 Å². The maximum atomic E-state index is 10.6. The van der Waals surface area contributed by atoms with Crippen molar-refractivity contribution in [3.63, 3.8) is 0 Å². The fraction of sp³-hybridized carbons (Fsp3) is 0.769. The van der Waals surface area contributed by atoms with E-state index in [0.717, 1.165) is 24.6 Å². The summed E-state index contributed by atoms with van der Waals surface area (Å²) < 4.78 is 20.3. The third-order valence-electron chi connectivity index (χ3n) is 2.36. The van der Waals surface area contributed by atoms with Crippen LogP contribution in [0.1, 0.15) is 26.7 Å². The first-order chi connectivity index (χ1) is 9.42. The van der Waals surface area contributed by atoms with Gasteiger partial charge in [-0.1, -0.05) is 13.5 Å². The Balaban J connectivity index is 0. The first kappa shape index (κ1) is 21.9. The maximum absolute atomic E-state index is 10.6. The number of ether oxygens (including phenoxy) is 1. The number of rotatable bonds is 9. The second kappa shape index (κ2) is 13.6. The predicted octanol–water partition coefficient (Wildman–Crippen LogP) is 2.70. The molecule has 120 valence electrons. The zero-order valence-electron chi connectivity index (χ0n) is 13.2. The molecule has 0 aliphatic heterocycles. The molecule has 0 amide bonds. The van der Waals surface area contributed by atoms with E-state index in [4.69, 9.17) is 18.0 Å². The van der Waals surface area contributed by atoms with Gasteiger partial charge in [0.15, 0.2) is 0 Å². The summed E-state index contributed by atoms with van der Waals surface area (Å²) in [6.45, 7) is 7.51. The van der Waals surface area contributed by atoms with E-state index in [1.54, 1.807) is 28.3 Å². The molecule has 0 aromatic rings. The van der Waals surface area contributed by atoms with Crippen LogP contribution >= 0.6 is 12.6 Å². The summed E-state index contributed by atoms with van der Waals surface area (Å²) in [4.78, 5) is 10.6. The smallest absolute Gasteiger partial charge is 0.462 e. The highest BCUT2D eigenvalue weighted by Gasteiger charge is 2.36. The van der Waals surface area contributed by atoms with Crippen LogP contribution in [0.2, 0.25) is 6.04 Å². The summed E-state index contributed by atoms with van der Waals surface area (Å²) in [6, 6.07) is 0.833. The summed E-state index contributed by atoms with van der Waals surface area (Å²) in [5.74, 6) is 0.544. The SMILES string of the molecule is C=C(C)C(=O)OCCC.CO[Si](CCCS)(OC)OC. The minimum atomic E-state index is -2.29. The van der Waals surface area contributed by atoms with Gasteiger partial charge in [0.1, 0.15) is 0 Å². The minimum absolute atomic E-state index is 0.295. The van der Waals surface area contributed by atoms with Crippen LogP contribution < -0.4 is 0 Å². The van der Waals surface area contributed by atoms with Gasteiger partial charge in [-0.25, -0.2) is 4.79 Å². The predicted molar refractivity (Wildman–Crippen MR) is 86.1 cm³/mol. The van der Waals surface area contributed by atoms with Gasteiger partial charge in [0, 0.05) is 32.9 Å². The van der Waals surface area contributed by atoms with Crippen molar-refractivity contribution in [1.82, 2.24) is 0 Å². The van der Waals surface area contributed by atoms with Gasteiger partial charge in [0.05, 0.1) is 6.61 Å². The van der Waals surface area contributed by atoms with Gasteiger partial charge in [-0.05, 0) is 25.5 Å². The molecule has 0 aromatic carbocycles. The van der Waals surface area contributed by atoms with Crippen molar-refractivity contribution >= 4 is 27.4 Å². The van der Waals surface area contributed by atoms with Gasteiger partial charge in [-0.15, -0.1) is 0 Å². The van der Waals surface area contributed by atoms with Crippen molar-refractivity contribution in [2.24, 2.45) is 0 Å². The second-order valence-electron chi connectivity index (χ2n) is 4.04. The van der Waals surface area contributed by atoms with Gasteiger partial charge in [0.2, 0.25) is 0 Å². The molecule has 0 aliphatic carbocycles. The molecule has 0 rings (SSSR count). The highest BCUT2D eigenvalue weighted by molar-refractivity contribution is 7.80. The maximum Gasteiger partial charge on any atom is 0.500 e. The van der Waals surface area contributed by atoms with E-state index in [1.165, 1.54) is 0 Å². The number of carbonyl (C=O) groups excluding carboxylic acids is 1. The van der Waals surface area contributed by atoms with Crippen LogP contribution in [0.4, 0.5) is 0 Å². The number of esters is 1. The molecule has 0 N–H and O–H groups in total. The van der Waals surface area contributed by atoms with Crippen molar-refractivity contribution in [2.75, 3.05) is 33.7 Å². The van der Waals surface area contributed by atoms with E-state index in [2.05, 4.69) is 19.2 Å². The first-order valence-corrected chi connectivity index (χ1v) is 9.08. The normalized spacial score (nSPS) is 10.5. The Kier molecular flexibility index (Phi) is 15.0. The van der Waals surface area contributed by atoms with E-state index in [1.807, 2.05) is 6.92 Å². The molecule has 0 aliphatic rings. The van der Waals surface area contributed by atoms with E-state index in [-0.39, 0.29) is 5.97 Å². The Morgan fingerprint density at radius 1 is 1.20 bits per heavy atom. The first-order valence-electron chi connectivity index (χ1n) is 6.51. The summed E-state index contributed by atoms with van der Waals surface area (Å²) in [6.07, 6.45) is 1.82. The Hall–Kier alpha value is -0.343. The summed E-state index contributed by atoms with van der Waals surface area (Å²) in [7, 11) is 2.58. The number of carbonyl (C=O) groups is 1. The number of hydrogen-bond donors (Lipinski definition) is 1. The molecule has 0 saturated heterocycles. The molecule has 7 heteroatoms. The lowest BCUT2D eigenvalue weighted by Crippen LogP contribution is -2.42. The fourth-order valence-electron chi connectivity index (χ4n) is 1.17. The summed E-state index contributed by atoms with van der Waals surface area (Å²) >= 11 is 4.10. The number of hydrogen-bond acceptors (Lipinski definition) is 6. The van der Waals surface area contributed by atoms with Gasteiger partial charge in [0.25, 0.3) is 0 Å². The lowest BCUT2D eigenvalue weighted by Gasteiger charge is -2.23. The Morgan fingerprint density at radius 2 is 1.70 bits per heavy atom. The van der Waals surface area contributed by atoms with E-state index in [9.17, 15) is 4.79 Å². The quantitative estimate of drug-likeness (QED) is 0.306. The van der Waals surface area contributed by atoms with Crippen LogP contribution in [-0.2, 0) is 22.8 Å². The van der Waals surface area contributed by atoms with Gasteiger partial charge in [-0.3, -0.25) is 0 Å². The van der Waals surface area contributed by atoms with E-state index < -0.39 is 8.80 Å². The molecular weight excluding hydrogens is 296 g/mol. The Labute approximate surface area is 129 Å². The van der Waals surface area contributed by atoms with Gasteiger partial charge >= 0.3 is 14.8 Å². The molecule has 20 heavy (non-hydrogen) atoms. The molecule has 0 heterocycles. The van der Waals surface area contributed by atoms with Crippen LogP contribution in [0.15, 0.2) is 12.2 Å². The van der Waals surface area contributed by atoms with Crippen LogP contribution in [-0.4, -0.2) is 48.5 Å². The molecule has 0 fully saturated rings. The second-order valence-corrected chi connectivity index (χ2v) is 7.58. The monoisotopic (exact) mass is 324 g/mol. The summed E-state index contributed by atoms with van der Waals surface area (Å²) in [5.41, 5.74) is 0.462. The van der Waals surface area contributed by atoms with Crippen LogP contribution in [0.3, 0.4) is 0 Å². The molecule has 0 radical (unpaired) electrons. The average molecular weight is 325 g/mol. The highest BCUT2D eigenvalue weighted by atomic mass is 32.1. The molecule has 0 bridgehead atoms. The molecule has 0 aromatic heterocycles. The zero-order valence-corrected chi connectivity index (χ0v) is 15.1. The average Bonchev–Trinajstić information content (AvgIpc) is 2.47. The Morgan fingerprint density at radius 3 is 2.00 bits per heavy atom. The molecule has 0 saturated carbocycles. The van der Waals surface area contributed by atoms with Crippen molar-refractivity contribution < 1.29 is 22.8 Å². The largest absolute Gasteiger partial charge is 0.500 e. The molecule has 0 atom stereocenters. The molecule has 5 nitrogen and oxygen atoms in total. The van der Waals surface area contributed by atoms with Gasteiger partial charge in [-0.2, -0.15) is 12.6 Å². The lowest BCUT2D eigenvalue weighted by molar-refractivity contribution is -0.138. The summed E-state index contributed by atoms with van der Waals surface area (Å²) in [5, 5.41) is 0. The third-order valence-corrected chi connectivity index (χ3v) is 5.51.